The van der Waals surface area contributed by atoms with Crippen molar-refractivity contribution in [1.82, 2.24) is 5.32 Å². The lowest BCUT2D eigenvalue weighted by molar-refractivity contribution is -0.270. The van der Waals surface area contributed by atoms with Crippen molar-refractivity contribution in [2.45, 2.75) is 82.5 Å². The molecule has 158 valence electrons. The number of carbonyl (C=O) groups is 2. The van der Waals surface area contributed by atoms with Gasteiger partial charge in [-0.2, -0.15) is 0 Å². The monoisotopic (exact) mass is 391 g/mol. The number of ether oxygens (including phenoxy) is 3. The third kappa shape index (κ3) is 8.52. The molecule has 4 N–H and O–H groups in total. The minimum atomic E-state index is -1.31. The summed E-state index contributed by atoms with van der Waals surface area (Å²) < 4.78 is 15.7. The number of aliphatic hydroxyl groups is 3. The molecule has 0 bridgehead atoms. The fraction of sp³-hybridized carbons (Fsp3) is 0.889. The van der Waals surface area contributed by atoms with E-state index in [1.165, 1.54) is 14.0 Å². The van der Waals surface area contributed by atoms with Gasteiger partial charge >= 0.3 is 5.97 Å². The fourth-order valence-corrected chi connectivity index (χ4v) is 2.99. The van der Waals surface area contributed by atoms with Crippen LogP contribution in [0.15, 0.2) is 0 Å². The van der Waals surface area contributed by atoms with Gasteiger partial charge in [0.25, 0.3) is 0 Å². The average Bonchev–Trinajstić information content (AvgIpc) is 2.65. The highest BCUT2D eigenvalue weighted by Crippen LogP contribution is 2.22. The second kappa shape index (κ2) is 13.0. The highest BCUT2D eigenvalue weighted by molar-refractivity contribution is 5.73. The van der Waals surface area contributed by atoms with E-state index in [2.05, 4.69) is 10.1 Å². The zero-order valence-corrected chi connectivity index (χ0v) is 16.1. The minimum absolute atomic E-state index is 0.182. The van der Waals surface area contributed by atoms with E-state index in [4.69, 9.17) is 9.47 Å². The number of esters is 1. The summed E-state index contributed by atoms with van der Waals surface area (Å²) in [6.45, 7) is 1.20. The van der Waals surface area contributed by atoms with Crippen LogP contribution < -0.4 is 5.32 Å². The molecule has 1 saturated heterocycles. The summed E-state index contributed by atoms with van der Waals surface area (Å²) in [5.41, 5.74) is 0. The Morgan fingerprint density at radius 1 is 1.04 bits per heavy atom. The van der Waals surface area contributed by atoms with E-state index in [1.807, 2.05) is 0 Å². The van der Waals surface area contributed by atoms with E-state index >= 15 is 0 Å². The third-order valence-corrected chi connectivity index (χ3v) is 4.54. The molecule has 1 amide bonds. The number of rotatable bonds is 12. The number of amides is 1. The fourth-order valence-electron chi connectivity index (χ4n) is 2.99. The van der Waals surface area contributed by atoms with Crippen molar-refractivity contribution in [3.63, 3.8) is 0 Å². The minimum Gasteiger partial charge on any atom is -0.469 e. The van der Waals surface area contributed by atoms with Gasteiger partial charge in [0.2, 0.25) is 5.91 Å². The Labute approximate surface area is 160 Å². The summed E-state index contributed by atoms with van der Waals surface area (Å²) in [7, 11) is 1.39. The van der Waals surface area contributed by atoms with E-state index < -0.39 is 37.3 Å². The largest absolute Gasteiger partial charge is 0.469 e. The zero-order valence-electron chi connectivity index (χ0n) is 16.1. The summed E-state index contributed by atoms with van der Waals surface area (Å²) >= 11 is 0. The number of carbonyl (C=O) groups excluding carboxylic acids is 2. The van der Waals surface area contributed by atoms with Crippen LogP contribution in [-0.4, -0.2) is 78.2 Å². The van der Waals surface area contributed by atoms with Crippen LogP contribution in [0, 0.1) is 0 Å². The molecule has 0 radical (unpaired) electrons. The summed E-state index contributed by atoms with van der Waals surface area (Å²) in [4.78, 5) is 22.3. The molecular formula is C18H33NO8. The molecule has 0 aromatic rings. The summed E-state index contributed by atoms with van der Waals surface area (Å²) in [5.74, 6) is -0.559. The Hall–Kier alpha value is -1.26. The lowest BCUT2D eigenvalue weighted by Gasteiger charge is -2.42. The van der Waals surface area contributed by atoms with Crippen molar-refractivity contribution in [1.29, 1.82) is 0 Å². The second-order valence-corrected chi connectivity index (χ2v) is 6.75. The Morgan fingerprint density at radius 3 is 2.26 bits per heavy atom. The van der Waals surface area contributed by atoms with Crippen LogP contribution in [0.1, 0.15) is 51.9 Å². The Balaban J connectivity index is 2.27. The maximum Gasteiger partial charge on any atom is 0.305 e. The molecule has 1 aliphatic rings. The highest BCUT2D eigenvalue weighted by atomic mass is 16.7. The van der Waals surface area contributed by atoms with Gasteiger partial charge in [-0.1, -0.05) is 25.7 Å². The number of hydrogen-bond acceptors (Lipinski definition) is 8. The van der Waals surface area contributed by atoms with Crippen LogP contribution in [0.25, 0.3) is 0 Å². The van der Waals surface area contributed by atoms with E-state index in [0.717, 1.165) is 38.5 Å². The van der Waals surface area contributed by atoms with Crippen LogP contribution in [-0.2, 0) is 23.8 Å². The molecule has 9 nitrogen and oxygen atoms in total. The molecule has 0 saturated carbocycles. The van der Waals surface area contributed by atoms with Crippen LogP contribution in [0.3, 0.4) is 0 Å². The van der Waals surface area contributed by atoms with Gasteiger partial charge in [-0.15, -0.1) is 0 Å². The molecule has 27 heavy (non-hydrogen) atoms. The molecule has 1 rings (SSSR count). The van der Waals surface area contributed by atoms with Gasteiger partial charge in [0.15, 0.2) is 6.29 Å². The highest BCUT2D eigenvalue weighted by Gasteiger charge is 2.45. The maximum atomic E-state index is 11.3. The predicted octanol–water partition coefficient (Wildman–Crippen LogP) is -0.150. The topological polar surface area (TPSA) is 135 Å². The Morgan fingerprint density at radius 2 is 1.67 bits per heavy atom. The van der Waals surface area contributed by atoms with Gasteiger partial charge in [0, 0.05) is 20.0 Å². The number of hydrogen-bond donors (Lipinski definition) is 4. The van der Waals surface area contributed by atoms with E-state index in [1.54, 1.807) is 0 Å². The first kappa shape index (κ1) is 23.8. The number of aliphatic hydroxyl groups excluding tert-OH is 3. The molecular weight excluding hydrogens is 358 g/mol. The third-order valence-electron chi connectivity index (χ3n) is 4.54. The normalized spacial score (nSPS) is 28.0. The molecule has 1 heterocycles. The lowest BCUT2D eigenvalue weighted by Crippen LogP contribution is -2.64. The smallest absolute Gasteiger partial charge is 0.305 e. The molecule has 0 unspecified atom stereocenters. The van der Waals surface area contributed by atoms with Crippen molar-refractivity contribution in [2.24, 2.45) is 0 Å². The van der Waals surface area contributed by atoms with Crippen molar-refractivity contribution in [3.8, 4) is 0 Å². The summed E-state index contributed by atoms with van der Waals surface area (Å²) in [6, 6.07) is -0.904. The van der Waals surface area contributed by atoms with Gasteiger partial charge in [-0.05, 0) is 12.8 Å². The molecule has 0 aromatic heterocycles. The van der Waals surface area contributed by atoms with Crippen LogP contribution in [0.4, 0.5) is 0 Å². The van der Waals surface area contributed by atoms with Crippen LogP contribution in [0.5, 0.6) is 0 Å². The number of unbranched alkanes of at least 4 members (excludes halogenated alkanes) is 5. The second-order valence-electron chi connectivity index (χ2n) is 6.75. The quantitative estimate of drug-likeness (QED) is 0.267. The van der Waals surface area contributed by atoms with E-state index in [0.29, 0.717) is 13.0 Å². The van der Waals surface area contributed by atoms with Crippen LogP contribution in [0.2, 0.25) is 0 Å². The lowest BCUT2D eigenvalue weighted by atomic mass is 9.97. The van der Waals surface area contributed by atoms with Gasteiger partial charge in [0.05, 0.1) is 13.7 Å². The molecule has 9 heteroatoms. The Kier molecular flexibility index (Phi) is 11.5. The summed E-state index contributed by atoms with van der Waals surface area (Å²) in [5, 5.41) is 31.9. The van der Waals surface area contributed by atoms with Crippen molar-refractivity contribution in [3.05, 3.63) is 0 Å². The van der Waals surface area contributed by atoms with Gasteiger partial charge < -0.3 is 34.8 Å². The standard InChI is InChI=1S/C18H33NO8/c1-12(21)19-15-17(24)16(23)13(11-20)27-18(15)26-10-8-6-4-3-5-7-9-14(22)25-2/h13,15-18,20,23-24H,3-11H2,1-2H3,(H,19,21)/t13-,15-,16-,17-,18-/m1/s1. The number of nitrogens with one attached hydrogen (secondary N) is 1. The van der Waals surface area contributed by atoms with E-state index in [9.17, 15) is 24.9 Å². The van der Waals surface area contributed by atoms with Crippen molar-refractivity contribution < 1.29 is 39.1 Å². The first-order valence-corrected chi connectivity index (χ1v) is 9.48. The molecule has 5 atom stereocenters. The molecule has 0 aromatic carbocycles. The predicted molar refractivity (Wildman–Crippen MR) is 95.7 cm³/mol. The maximum absolute atomic E-state index is 11.3. The van der Waals surface area contributed by atoms with Gasteiger partial charge in [0.1, 0.15) is 24.4 Å². The van der Waals surface area contributed by atoms with Gasteiger partial charge in [-0.25, -0.2) is 0 Å². The van der Waals surface area contributed by atoms with Crippen molar-refractivity contribution in [2.75, 3.05) is 20.3 Å². The van der Waals surface area contributed by atoms with Crippen LogP contribution >= 0.6 is 0 Å². The SMILES string of the molecule is COC(=O)CCCCCCCCO[C@@H]1O[C@H](CO)[C@@H](O)[C@H](O)[C@H]1NC(C)=O. The van der Waals surface area contributed by atoms with Gasteiger partial charge in [-0.3, -0.25) is 9.59 Å². The van der Waals surface area contributed by atoms with Crippen molar-refractivity contribution >= 4 is 11.9 Å². The first-order chi connectivity index (χ1) is 12.9. The Bertz CT molecular complexity index is 447. The van der Waals surface area contributed by atoms with E-state index in [-0.39, 0.29) is 11.9 Å². The summed E-state index contributed by atoms with van der Waals surface area (Å²) in [6.07, 6.45) is 1.45. The average molecular weight is 391 g/mol. The number of methoxy groups -OCH3 is 1. The first-order valence-electron chi connectivity index (χ1n) is 9.48. The molecule has 0 spiro atoms. The molecule has 1 aliphatic heterocycles. The molecule has 1 fully saturated rings. The zero-order chi connectivity index (χ0) is 20.2. The molecule has 0 aliphatic carbocycles.